The van der Waals surface area contributed by atoms with Crippen molar-refractivity contribution in [3.8, 4) is 5.75 Å². The van der Waals surface area contributed by atoms with Crippen LogP contribution in [0.4, 0.5) is 5.69 Å². The number of carbonyl (C=O) groups excluding carboxylic acids is 1. The van der Waals surface area contributed by atoms with E-state index in [4.69, 9.17) is 10.5 Å². The topological polar surface area (TPSA) is 64.3 Å². The van der Waals surface area contributed by atoms with Crippen LogP contribution in [0.3, 0.4) is 0 Å². The summed E-state index contributed by atoms with van der Waals surface area (Å²) in [5.41, 5.74) is 6.35. The molecule has 2 saturated carbocycles. The van der Waals surface area contributed by atoms with Gasteiger partial charge in [0.1, 0.15) is 12.4 Å². The lowest BCUT2D eigenvalue weighted by atomic mass is 10.1. The van der Waals surface area contributed by atoms with Crippen molar-refractivity contribution < 1.29 is 9.53 Å². The average Bonchev–Trinajstić information content (AvgIpc) is 2.88. The molecule has 0 aromatic heterocycles. The standard InChI is InChI=1S/C15H20N2O2/c16-10-3-1-4-11(9-10)19-8-7-17-15(18)14-12-5-2-6-13(12)14/h1,3-4,9,12-14H,2,5-8,16H2,(H,17,18). The Bertz CT molecular complexity index is 465. The summed E-state index contributed by atoms with van der Waals surface area (Å²) in [4.78, 5) is 11.9. The number of nitrogens with two attached hydrogens (primary N) is 1. The summed E-state index contributed by atoms with van der Waals surface area (Å²) in [5.74, 6) is 2.61. The van der Waals surface area contributed by atoms with Crippen LogP contribution in [-0.4, -0.2) is 19.1 Å². The Kier molecular flexibility index (Phi) is 3.32. The van der Waals surface area contributed by atoms with Crippen molar-refractivity contribution in [2.24, 2.45) is 17.8 Å². The van der Waals surface area contributed by atoms with Gasteiger partial charge in [-0.15, -0.1) is 0 Å². The van der Waals surface area contributed by atoms with Gasteiger partial charge in [0, 0.05) is 17.7 Å². The fourth-order valence-electron chi connectivity index (χ4n) is 3.28. The highest BCUT2D eigenvalue weighted by molar-refractivity contribution is 5.82. The maximum Gasteiger partial charge on any atom is 0.223 e. The van der Waals surface area contributed by atoms with Gasteiger partial charge in [0.05, 0.1) is 6.54 Å². The quantitative estimate of drug-likeness (QED) is 0.627. The van der Waals surface area contributed by atoms with Crippen LogP contribution in [0.2, 0.25) is 0 Å². The Morgan fingerprint density at radius 1 is 1.37 bits per heavy atom. The molecule has 102 valence electrons. The van der Waals surface area contributed by atoms with Crippen molar-refractivity contribution >= 4 is 11.6 Å². The van der Waals surface area contributed by atoms with Crippen LogP contribution in [0, 0.1) is 17.8 Å². The van der Waals surface area contributed by atoms with Crippen LogP contribution in [-0.2, 0) is 4.79 Å². The van der Waals surface area contributed by atoms with Gasteiger partial charge in [-0.25, -0.2) is 0 Å². The zero-order valence-electron chi connectivity index (χ0n) is 11.0. The lowest BCUT2D eigenvalue weighted by molar-refractivity contribution is -0.123. The summed E-state index contributed by atoms with van der Waals surface area (Å²) >= 11 is 0. The molecule has 3 N–H and O–H groups in total. The second kappa shape index (κ2) is 5.11. The molecule has 19 heavy (non-hydrogen) atoms. The molecule has 2 atom stereocenters. The van der Waals surface area contributed by atoms with Crippen molar-refractivity contribution in [2.45, 2.75) is 19.3 Å². The van der Waals surface area contributed by atoms with E-state index < -0.39 is 0 Å². The maximum absolute atomic E-state index is 11.9. The van der Waals surface area contributed by atoms with Gasteiger partial charge in [-0.2, -0.15) is 0 Å². The first-order chi connectivity index (χ1) is 9.25. The summed E-state index contributed by atoms with van der Waals surface area (Å²) < 4.78 is 5.54. The van der Waals surface area contributed by atoms with Crippen molar-refractivity contribution in [3.05, 3.63) is 24.3 Å². The van der Waals surface area contributed by atoms with Crippen molar-refractivity contribution in [1.29, 1.82) is 0 Å². The largest absolute Gasteiger partial charge is 0.492 e. The lowest BCUT2D eigenvalue weighted by Crippen LogP contribution is -2.30. The molecule has 2 aliphatic carbocycles. The predicted octanol–water partition coefficient (Wildman–Crippen LogP) is 1.81. The average molecular weight is 260 g/mol. The molecule has 0 heterocycles. The van der Waals surface area contributed by atoms with Gasteiger partial charge in [-0.1, -0.05) is 12.5 Å². The van der Waals surface area contributed by atoms with E-state index in [-0.39, 0.29) is 5.91 Å². The molecule has 3 rings (SSSR count). The fraction of sp³-hybridized carbons (Fsp3) is 0.533. The molecule has 2 unspecified atom stereocenters. The third-order valence-electron chi connectivity index (χ3n) is 4.24. The molecular weight excluding hydrogens is 240 g/mol. The van der Waals surface area contributed by atoms with Gasteiger partial charge in [0.15, 0.2) is 0 Å². The van der Waals surface area contributed by atoms with Crippen LogP contribution in [0.5, 0.6) is 5.75 Å². The summed E-state index contributed by atoms with van der Waals surface area (Å²) in [6.07, 6.45) is 3.78. The minimum atomic E-state index is 0.214. The molecular formula is C15H20N2O2. The summed E-state index contributed by atoms with van der Waals surface area (Å²) in [6, 6.07) is 7.33. The second-order valence-electron chi connectivity index (χ2n) is 5.50. The number of ether oxygens (including phenoxy) is 1. The third kappa shape index (κ3) is 2.67. The number of anilines is 1. The van der Waals surface area contributed by atoms with Crippen molar-refractivity contribution in [3.63, 3.8) is 0 Å². The van der Waals surface area contributed by atoms with Gasteiger partial charge < -0.3 is 15.8 Å². The number of rotatable bonds is 5. The number of fused-ring (bicyclic) bond motifs is 1. The molecule has 4 nitrogen and oxygen atoms in total. The van der Waals surface area contributed by atoms with E-state index in [1.807, 2.05) is 18.2 Å². The molecule has 1 amide bonds. The van der Waals surface area contributed by atoms with E-state index in [1.165, 1.54) is 19.3 Å². The van der Waals surface area contributed by atoms with Crippen LogP contribution in [0.15, 0.2) is 24.3 Å². The van der Waals surface area contributed by atoms with E-state index >= 15 is 0 Å². The molecule has 2 aliphatic rings. The van der Waals surface area contributed by atoms with Crippen LogP contribution in [0.25, 0.3) is 0 Å². The summed E-state index contributed by atoms with van der Waals surface area (Å²) in [5, 5.41) is 2.96. The zero-order valence-corrected chi connectivity index (χ0v) is 11.0. The number of nitrogens with one attached hydrogen (secondary N) is 1. The molecule has 0 radical (unpaired) electrons. The first kappa shape index (κ1) is 12.3. The van der Waals surface area contributed by atoms with Gasteiger partial charge >= 0.3 is 0 Å². The van der Waals surface area contributed by atoms with Crippen LogP contribution < -0.4 is 15.8 Å². The Hall–Kier alpha value is -1.71. The number of benzene rings is 1. The molecule has 0 bridgehead atoms. The normalized spacial score (nSPS) is 27.7. The summed E-state index contributed by atoms with van der Waals surface area (Å²) in [7, 11) is 0. The third-order valence-corrected chi connectivity index (χ3v) is 4.24. The van der Waals surface area contributed by atoms with E-state index in [2.05, 4.69) is 5.32 Å². The Morgan fingerprint density at radius 2 is 2.16 bits per heavy atom. The Morgan fingerprint density at radius 3 is 2.89 bits per heavy atom. The van der Waals surface area contributed by atoms with Gasteiger partial charge in [0.25, 0.3) is 0 Å². The smallest absolute Gasteiger partial charge is 0.223 e. The zero-order chi connectivity index (χ0) is 13.2. The van der Waals surface area contributed by atoms with Crippen LogP contribution >= 0.6 is 0 Å². The first-order valence-electron chi connectivity index (χ1n) is 7.02. The maximum atomic E-state index is 11.9. The molecule has 0 spiro atoms. The monoisotopic (exact) mass is 260 g/mol. The molecule has 1 aromatic carbocycles. The molecule has 0 aliphatic heterocycles. The van der Waals surface area contributed by atoms with E-state index in [9.17, 15) is 4.79 Å². The second-order valence-corrected chi connectivity index (χ2v) is 5.50. The van der Waals surface area contributed by atoms with E-state index in [0.29, 0.717) is 36.6 Å². The predicted molar refractivity (Wildman–Crippen MR) is 73.7 cm³/mol. The summed E-state index contributed by atoms with van der Waals surface area (Å²) in [6.45, 7) is 1.04. The highest BCUT2D eigenvalue weighted by Gasteiger charge is 2.56. The SMILES string of the molecule is Nc1cccc(OCCNC(=O)C2C3CCCC32)c1. The number of hydrogen-bond acceptors (Lipinski definition) is 3. The van der Waals surface area contributed by atoms with Crippen molar-refractivity contribution in [1.82, 2.24) is 5.32 Å². The number of hydrogen-bond donors (Lipinski definition) is 2. The molecule has 4 heteroatoms. The molecule has 2 fully saturated rings. The minimum Gasteiger partial charge on any atom is -0.492 e. The van der Waals surface area contributed by atoms with E-state index in [1.54, 1.807) is 6.07 Å². The molecule has 0 saturated heterocycles. The first-order valence-corrected chi connectivity index (χ1v) is 7.02. The van der Waals surface area contributed by atoms with Gasteiger partial charge in [-0.05, 0) is 36.8 Å². The Labute approximate surface area is 113 Å². The van der Waals surface area contributed by atoms with E-state index in [0.717, 1.165) is 5.75 Å². The van der Waals surface area contributed by atoms with Crippen LogP contribution in [0.1, 0.15) is 19.3 Å². The minimum absolute atomic E-state index is 0.214. The Balaban J connectivity index is 1.36. The van der Waals surface area contributed by atoms with Gasteiger partial charge in [-0.3, -0.25) is 4.79 Å². The fourth-order valence-corrected chi connectivity index (χ4v) is 3.28. The number of carbonyl (C=O) groups is 1. The lowest BCUT2D eigenvalue weighted by Gasteiger charge is -2.09. The number of nitrogen functional groups attached to an aromatic ring is 1. The number of amides is 1. The van der Waals surface area contributed by atoms with Gasteiger partial charge in [0.2, 0.25) is 5.91 Å². The molecule has 1 aromatic rings. The van der Waals surface area contributed by atoms with Crippen molar-refractivity contribution in [2.75, 3.05) is 18.9 Å². The highest BCUT2D eigenvalue weighted by atomic mass is 16.5. The highest BCUT2D eigenvalue weighted by Crippen LogP contribution is 2.57.